The van der Waals surface area contributed by atoms with E-state index in [0.717, 1.165) is 28.4 Å². The van der Waals surface area contributed by atoms with E-state index in [0.29, 0.717) is 6.54 Å². The van der Waals surface area contributed by atoms with Gasteiger partial charge in [-0.25, -0.2) is 4.98 Å². The van der Waals surface area contributed by atoms with Crippen molar-refractivity contribution >= 4 is 45.2 Å². The number of imidazole rings is 1. The third kappa shape index (κ3) is 2.59. The molecule has 0 amide bonds. The molecule has 0 saturated carbocycles. The van der Waals surface area contributed by atoms with Gasteiger partial charge in [-0.2, -0.15) is 0 Å². The van der Waals surface area contributed by atoms with E-state index < -0.39 is 0 Å². The molecule has 1 unspecified atom stereocenters. The summed E-state index contributed by atoms with van der Waals surface area (Å²) >= 11 is 8.57. The minimum absolute atomic E-state index is 0.142. The molecular weight excluding hydrogens is 387 g/mol. The van der Waals surface area contributed by atoms with Crippen LogP contribution in [0.5, 0.6) is 0 Å². The minimum atomic E-state index is -0.142. The predicted molar refractivity (Wildman–Crippen MR) is 89.3 cm³/mol. The highest BCUT2D eigenvalue weighted by Gasteiger charge is 2.16. The van der Waals surface area contributed by atoms with E-state index in [4.69, 9.17) is 16.0 Å². The van der Waals surface area contributed by atoms with Gasteiger partial charge in [-0.05, 0) is 66.8 Å². The van der Waals surface area contributed by atoms with Gasteiger partial charge in [0.05, 0.1) is 23.0 Å². The number of benzene rings is 1. The molecule has 0 N–H and O–H groups in total. The number of aryl methyl sites for hydroxylation is 1. The van der Waals surface area contributed by atoms with Crippen LogP contribution in [0.1, 0.15) is 29.6 Å². The number of hydrogen-bond acceptors (Lipinski definition) is 2. The van der Waals surface area contributed by atoms with E-state index in [9.17, 15) is 0 Å². The molecule has 2 aromatic heterocycles. The highest BCUT2D eigenvalue weighted by molar-refractivity contribution is 14.1. The van der Waals surface area contributed by atoms with Crippen LogP contribution in [0.3, 0.4) is 0 Å². The van der Waals surface area contributed by atoms with Crippen molar-refractivity contribution in [2.75, 3.05) is 0 Å². The summed E-state index contributed by atoms with van der Waals surface area (Å²) in [6, 6.07) is 10.2. The van der Waals surface area contributed by atoms with E-state index in [1.807, 2.05) is 26.0 Å². The van der Waals surface area contributed by atoms with Crippen LogP contribution >= 0.6 is 34.2 Å². The molecule has 20 heavy (non-hydrogen) atoms. The largest absolute Gasteiger partial charge is 0.464 e. The quantitative estimate of drug-likeness (QED) is 0.463. The van der Waals surface area contributed by atoms with Crippen LogP contribution < -0.4 is 0 Å². The Bertz CT molecular complexity index is 760. The van der Waals surface area contributed by atoms with Gasteiger partial charge in [0.1, 0.15) is 17.3 Å². The van der Waals surface area contributed by atoms with Gasteiger partial charge >= 0.3 is 0 Å². The molecule has 1 aromatic carbocycles. The van der Waals surface area contributed by atoms with E-state index in [-0.39, 0.29) is 5.38 Å². The van der Waals surface area contributed by atoms with Gasteiger partial charge in [0.25, 0.3) is 0 Å². The van der Waals surface area contributed by atoms with Crippen molar-refractivity contribution in [3.63, 3.8) is 0 Å². The first-order chi connectivity index (χ1) is 9.54. The molecule has 0 spiro atoms. The van der Waals surface area contributed by atoms with E-state index in [1.165, 1.54) is 3.57 Å². The van der Waals surface area contributed by atoms with E-state index in [1.54, 1.807) is 0 Å². The van der Waals surface area contributed by atoms with Crippen molar-refractivity contribution in [3.05, 3.63) is 51.2 Å². The first kappa shape index (κ1) is 13.9. The molecule has 1 atom stereocenters. The molecule has 0 bridgehead atoms. The zero-order valence-electron chi connectivity index (χ0n) is 11.2. The Morgan fingerprint density at radius 1 is 1.35 bits per heavy atom. The van der Waals surface area contributed by atoms with Crippen LogP contribution in [0.15, 0.2) is 34.7 Å². The number of furan rings is 1. The summed E-state index contributed by atoms with van der Waals surface area (Å²) in [5, 5.41) is -0.142. The van der Waals surface area contributed by atoms with Gasteiger partial charge < -0.3 is 8.98 Å². The minimum Gasteiger partial charge on any atom is -0.464 e. The average molecular weight is 401 g/mol. The first-order valence-corrected chi connectivity index (χ1v) is 7.91. The van der Waals surface area contributed by atoms with Crippen molar-refractivity contribution in [2.24, 2.45) is 0 Å². The van der Waals surface area contributed by atoms with E-state index >= 15 is 0 Å². The molecule has 0 aliphatic heterocycles. The average Bonchev–Trinajstić information content (AvgIpc) is 2.94. The molecule has 0 saturated heterocycles. The van der Waals surface area contributed by atoms with Crippen LogP contribution in [0, 0.1) is 10.5 Å². The number of nitrogens with zero attached hydrogens (tertiary/aromatic N) is 2. The van der Waals surface area contributed by atoms with Crippen molar-refractivity contribution in [1.82, 2.24) is 9.55 Å². The second-order valence-electron chi connectivity index (χ2n) is 4.82. The highest BCUT2D eigenvalue weighted by atomic mass is 127. The van der Waals surface area contributed by atoms with Gasteiger partial charge in [0, 0.05) is 3.57 Å². The van der Waals surface area contributed by atoms with Crippen molar-refractivity contribution in [3.8, 4) is 0 Å². The molecule has 3 aromatic rings. The molecule has 0 aliphatic carbocycles. The Morgan fingerprint density at radius 3 is 2.80 bits per heavy atom. The maximum absolute atomic E-state index is 6.28. The van der Waals surface area contributed by atoms with Gasteiger partial charge in [0.15, 0.2) is 0 Å². The standard InChI is InChI=1S/C15H14ClIN2O/c1-9-3-5-12(20-9)8-19-14-6-4-11(17)7-13(14)18-15(19)10(2)16/h3-7,10H,8H2,1-2H3. The molecule has 0 fully saturated rings. The SMILES string of the molecule is Cc1ccc(Cn2c(C(C)Cl)nc3cc(I)ccc32)o1. The fraction of sp³-hybridized carbons (Fsp3) is 0.267. The lowest BCUT2D eigenvalue weighted by atomic mass is 10.3. The summed E-state index contributed by atoms with van der Waals surface area (Å²) in [6.45, 7) is 4.54. The highest BCUT2D eigenvalue weighted by Crippen LogP contribution is 2.27. The third-order valence-electron chi connectivity index (χ3n) is 3.21. The smallest absolute Gasteiger partial charge is 0.128 e. The zero-order chi connectivity index (χ0) is 14.3. The summed E-state index contributed by atoms with van der Waals surface area (Å²) in [5.41, 5.74) is 2.06. The van der Waals surface area contributed by atoms with Crippen LogP contribution in [0.2, 0.25) is 0 Å². The van der Waals surface area contributed by atoms with Crippen LogP contribution in [0.4, 0.5) is 0 Å². The fourth-order valence-corrected chi connectivity index (χ4v) is 2.96. The van der Waals surface area contributed by atoms with Crippen LogP contribution in [0.25, 0.3) is 11.0 Å². The second kappa shape index (κ2) is 5.41. The zero-order valence-corrected chi connectivity index (χ0v) is 14.1. The number of hydrogen-bond donors (Lipinski definition) is 0. The van der Waals surface area contributed by atoms with Crippen molar-refractivity contribution in [2.45, 2.75) is 25.8 Å². The van der Waals surface area contributed by atoms with Gasteiger partial charge in [-0.3, -0.25) is 0 Å². The normalized spacial score (nSPS) is 13.0. The Labute approximate surface area is 136 Å². The molecule has 0 aliphatic rings. The molecule has 104 valence electrons. The Balaban J connectivity index is 2.13. The molecule has 3 nitrogen and oxygen atoms in total. The first-order valence-electron chi connectivity index (χ1n) is 6.39. The monoisotopic (exact) mass is 400 g/mol. The number of aromatic nitrogens is 2. The molecule has 2 heterocycles. The number of rotatable bonds is 3. The maximum Gasteiger partial charge on any atom is 0.128 e. The summed E-state index contributed by atoms with van der Waals surface area (Å²) < 4.78 is 8.97. The van der Waals surface area contributed by atoms with Crippen LogP contribution in [-0.4, -0.2) is 9.55 Å². The number of fused-ring (bicyclic) bond motifs is 1. The molecule has 5 heteroatoms. The molecule has 3 rings (SSSR count). The summed E-state index contributed by atoms with van der Waals surface area (Å²) in [4.78, 5) is 4.66. The number of alkyl halides is 1. The van der Waals surface area contributed by atoms with Gasteiger partial charge in [0.2, 0.25) is 0 Å². The predicted octanol–water partition coefficient (Wildman–Crippen LogP) is 4.89. The Kier molecular flexibility index (Phi) is 3.77. The van der Waals surface area contributed by atoms with Crippen LogP contribution in [-0.2, 0) is 6.54 Å². The van der Waals surface area contributed by atoms with Gasteiger partial charge in [-0.15, -0.1) is 11.6 Å². The van der Waals surface area contributed by atoms with Crippen molar-refractivity contribution < 1.29 is 4.42 Å². The maximum atomic E-state index is 6.28. The molecule has 0 radical (unpaired) electrons. The summed E-state index contributed by atoms with van der Waals surface area (Å²) in [7, 11) is 0. The summed E-state index contributed by atoms with van der Waals surface area (Å²) in [5.74, 6) is 2.70. The van der Waals surface area contributed by atoms with Gasteiger partial charge in [-0.1, -0.05) is 0 Å². The second-order valence-corrected chi connectivity index (χ2v) is 6.72. The third-order valence-corrected chi connectivity index (χ3v) is 4.07. The lowest BCUT2D eigenvalue weighted by Gasteiger charge is -2.08. The topological polar surface area (TPSA) is 31.0 Å². The Hall–Kier alpha value is -1.01. The van der Waals surface area contributed by atoms with E-state index in [2.05, 4.69) is 50.3 Å². The van der Waals surface area contributed by atoms with Crippen molar-refractivity contribution in [1.29, 1.82) is 0 Å². The fourth-order valence-electron chi connectivity index (χ4n) is 2.32. The lowest BCUT2D eigenvalue weighted by Crippen LogP contribution is -2.05. The molecular formula is C15H14ClIN2O. The summed E-state index contributed by atoms with van der Waals surface area (Å²) in [6.07, 6.45) is 0. The Morgan fingerprint density at radius 2 is 2.15 bits per heavy atom. The number of halogens is 2. The lowest BCUT2D eigenvalue weighted by molar-refractivity contribution is 0.469.